The fourth-order valence-electron chi connectivity index (χ4n) is 7.39. The largest absolute Gasteiger partial charge is 0.462 e. The van der Waals surface area contributed by atoms with Crippen molar-refractivity contribution in [2.75, 3.05) is 13.2 Å². The molecule has 0 fully saturated rings. The van der Waals surface area contributed by atoms with Crippen LogP contribution in [0.5, 0.6) is 0 Å². The summed E-state index contributed by atoms with van der Waals surface area (Å²) in [6.45, 7) is 6.17. The van der Waals surface area contributed by atoms with E-state index in [0.29, 0.717) is 19.3 Å². The van der Waals surface area contributed by atoms with Gasteiger partial charge in [0.25, 0.3) is 0 Å². The Morgan fingerprint density at radius 3 is 0.853 bits per heavy atom. The zero-order chi connectivity index (χ0) is 54.3. The van der Waals surface area contributed by atoms with Crippen LogP contribution in [0.25, 0.3) is 0 Å². The van der Waals surface area contributed by atoms with E-state index in [1.807, 2.05) is 12.2 Å². The summed E-state index contributed by atoms with van der Waals surface area (Å²) in [7, 11) is 0. The summed E-state index contributed by atoms with van der Waals surface area (Å²) in [4.78, 5) is 38.1. The van der Waals surface area contributed by atoms with Crippen LogP contribution in [-0.2, 0) is 28.6 Å². The Balaban J connectivity index is 4.39. The molecule has 0 aliphatic rings. The van der Waals surface area contributed by atoms with Crippen LogP contribution >= 0.6 is 0 Å². The number of hydrogen-bond acceptors (Lipinski definition) is 6. The summed E-state index contributed by atoms with van der Waals surface area (Å²) >= 11 is 0. The Hall–Kier alpha value is -5.23. The number of carbonyl (C=O) groups is 3. The van der Waals surface area contributed by atoms with E-state index in [9.17, 15) is 14.4 Å². The SMILES string of the molecule is CC/C=C\C/C=C\C/C=C\C/C=C\C/C=C\C/C=C\CCCCCCCCCCCCC(=O)OCC(COC(=O)CC/C=C\C/C=C\C/C=C\C/C=C\CC)OC(=O)CCCC/C=C\C/C=C\C/C=C\C/C=C\CC. The van der Waals surface area contributed by atoms with Gasteiger partial charge in [-0.15, -0.1) is 0 Å². The van der Waals surface area contributed by atoms with Crippen molar-refractivity contribution in [3.8, 4) is 0 Å². The topological polar surface area (TPSA) is 78.9 Å². The molecule has 0 radical (unpaired) electrons. The molecule has 0 heterocycles. The maximum Gasteiger partial charge on any atom is 0.306 e. The van der Waals surface area contributed by atoms with Gasteiger partial charge in [-0.05, 0) is 135 Å². The first-order valence-corrected chi connectivity index (χ1v) is 29.6. The maximum absolute atomic E-state index is 12.8. The van der Waals surface area contributed by atoms with E-state index in [2.05, 4.69) is 179 Å². The molecule has 6 nitrogen and oxygen atoms in total. The highest BCUT2D eigenvalue weighted by atomic mass is 16.6. The summed E-state index contributed by atoms with van der Waals surface area (Å²) in [5, 5.41) is 0. The summed E-state index contributed by atoms with van der Waals surface area (Å²) in [5.74, 6) is -1.07. The van der Waals surface area contributed by atoms with E-state index in [-0.39, 0.29) is 44.0 Å². The third-order valence-electron chi connectivity index (χ3n) is 11.7. The smallest absolute Gasteiger partial charge is 0.306 e. The number of rotatable bonds is 51. The molecule has 0 spiro atoms. The molecule has 0 aromatic rings. The van der Waals surface area contributed by atoms with Crippen LogP contribution in [0.3, 0.4) is 0 Å². The van der Waals surface area contributed by atoms with Crippen LogP contribution in [0.2, 0.25) is 0 Å². The molecule has 1 unspecified atom stereocenters. The molecule has 0 saturated carbocycles. The van der Waals surface area contributed by atoms with Crippen molar-refractivity contribution in [2.24, 2.45) is 0 Å². The number of hydrogen-bond donors (Lipinski definition) is 0. The minimum absolute atomic E-state index is 0.127. The minimum atomic E-state index is -0.839. The molecule has 0 aromatic carbocycles. The van der Waals surface area contributed by atoms with Gasteiger partial charge in [-0.3, -0.25) is 14.4 Å². The highest BCUT2D eigenvalue weighted by molar-refractivity contribution is 5.71. The Morgan fingerprint density at radius 2 is 0.507 bits per heavy atom. The van der Waals surface area contributed by atoms with Crippen LogP contribution in [0.4, 0.5) is 0 Å². The van der Waals surface area contributed by atoms with E-state index < -0.39 is 6.10 Å². The maximum atomic E-state index is 12.8. The molecule has 0 amide bonds. The van der Waals surface area contributed by atoms with Gasteiger partial charge in [-0.2, -0.15) is 0 Å². The average Bonchev–Trinajstić information content (AvgIpc) is 3.41. The van der Waals surface area contributed by atoms with Crippen LogP contribution in [-0.4, -0.2) is 37.2 Å². The first kappa shape index (κ1) is 69.8. The van der Waals surface area contributed by atoms with Gasteiger partial charge in [0.2, 0.25) is 0 Å². The zero-order valence-corrected chi connectivity index (χ0v) is 47.7. The predicted octanol–water partition coefficient (Wildman–Crippen LogP) is 20.3. The Morgan fingerprint density at radius 1 is 0.267 bits per heavy atom. The molecule has 6 heteroatoms. The summed E-state index contributed by atoms with van der Waals surface area (Å²) < 4.78 is 16.7. The predicted molar refractivity (Wildman–Crippen MR) is 325 cm³/mol. The normalized spacial score (nSPS) is 13.4. The molecule has 0 aromatic heterocycles. The lowest BCUT2D eigenvalue weighted by Gasteiger charge is -2.18. The van der Waals surface area contributed by atoms with Crippen LogP contribution in [0.1, 0.15) is 226 Å². The van der Waals surface area contributed by atoms with Gasteiger partial charge in [0, 0.05) is 19.3 Å². The fraction of sp³-hybridized carbons (Fsp3) is 0.551. The first-order valence-electron chi connectivity index (χ1n) is 29.6. The third kappa shape index (κ3) is 59.5. The molecule has 0 N–H and O–H groups in total. The lowest BCUT2D eigenvalue weighted by Crippen LogP contribution is -2.30. The van der Waals surface area contributed by atoms with Crippen molar-refractivity contribution in [2.45, 2.75) is 232 Å². The van der Waals surface area contributed by atoms with Crippen molar-refractivity contribution in [1.82, 2.24) is 0 Å². The average molecular weight is 1030 g/mol. The van der Waals surface area contributed by atoms with Crippen molar-refractivity contribution < 1.29 is 28.6 Å². The van der Waals surface area contributed by atoms with Crippen molar-refractivity contribution in [3.05, 3.63) is 170 Å². The van der Waals surface area contributed by atoms with Gasteiger partial charge in [0.05, 0.1) is 0 Å². The van der Waals surface area contributed by atoms with E-state index in [4.69, 9.17) is 14.2 Å². The molecular formula is C69H106O6. The number of carbonyl (C=O) groups excluding carboxylic acids is 3. The molecule has 75 heavy (non-hydrogen) atoms. The Bertz CT molecular complexity index is 1750. The highest BCUT2D eigenvalue weighted by Gasteiger charge is 2.19. The number of allylic oxidation sites excluding steroid dienone is 28. The van der Waals surface area contributed by atoms with E-state index >= 15 is 0 Å². The van der Waals surface area contributed by atoms with Gasteiger partial charge < -0.3 is 14.2 Å². The van der Waals surface area contributed by atoms with E-state index in [0.717, 1.165) is 128 Å². The summed E-state index contributed by atoms with van der Waals surface area (Å²) in [6, 6.07) is 0. The zero-order valence-electron chi connectivity index (χ0n) is 47.7. The van der Waals surface area contributed by atoms with Crippen molar-refractivity contribution in [1.29, 1.82) is 0 Å². The van der Waals surface area contributed by atoms with Gasteiger partial charge in [0.1, 0.15) is 13.2 Å². The molecule has 0 aliphatic carbocycles. The molecule has 0 aliphatic heterocycles. The van der Waals surface area contributed by atoms with Crippen molar-refractivity contribution >= 4 is 17.9 Å². The van der Waals surface area contributed by atoms with Crippen LogP contribution in [0, 0.1) is 0 Å². The molecule has 418 valence electrons. The van der Waals surface area contributed by atoms with Gasteiger partial charge >= 0.3 is 17.9 Å². The molecule has 0 bridgehead atoms. The number of esters is 3. The summed E-state index contributed by atoms with van der Waals surface area (Å²) in [6.07, 6.45) is 90.9. The molecule has 0 saturated heterocycles. The Kier molecular flexibility index (Phi) is 57.0. The second kappa shape index (κ2) is 61.3. The highest BCUT2D eigenvalue weighted by Crippen LogP contribution is 2.14. The number of unbranched alkanes of at least 4 members (excludes halogenated alkanes) is 12. The fourth-order valence-corrected chi connectivity index (χ4v) is 7.39. The first-order chi connectivity index (χ1) is 37.0. The lowest BCUT2D eigenvalue weighted by atomic mass is 10.1. The van der Waals surface area contributed by atoms with E-state index in [1.165, 1.54) is 44.9 Å². The van der Waals surface area contributed by atoms with Gasteiger partial charge in [-0.25, -0.2) is 0 Å². The van der Waals surface area contributed by atoms with Crippen molar-refractivity contribution in [3.63, 3.8) is 0 Å². The van der Waals surface area contributed by atoms with E-state index in [1.54, 1.807) is 0 Å². The standard InChI is InChI=1S/C69H106O6/c1-4-7-10-13-16-19-22-25-27-28-29-30-31-32-33-34-35-36-37-38-39-40-42-44-47-50-53-56-59-62-68(71)74-65-66(64-73-67(70)61-58-55-52-49-46-43-24-21-18-15-12-9-6-3)75-69(72)63-60-57-54-51-48-45-41-26-23-20-17-14-11-8-5-2/h7-12,16-21,25-27,29-30,32-33,35-36,41,43,46,48,51-52,55,66H,4-6,13-15,22-24,28,31,34,37-40,42,44-45,47,49-50,53-54,56-65H2,1-3H3/b10-7-,11-8-,12-9-,19-16-,20-17-,21-18-,27-25-,30-29-,33-32-,36-35-,41-26-,46-43-,51-48-,55-52-. The molecular weight excluding hydrogens is 925 g/mol. The quantitative estimate of drug-likeness (QED) is 0.0261. The monoisotopic (exact) mass is 1030 g/mol. The van der Waals surface area contributed by atoms with Gasteiger partial charge in [-0.1, -0.05) is 242 Å². The minimum Gasteiger partial charge on any atom is -0.462 e. The summed E-state index contributed by atoms with van der Waals surface area (Å²) in [5.41, 5.74) is 0. The lowest BCUT2D eigenvalue weighted by molar-refractivity contribution is -0.166. The second-order valence-electron chi connectivity index (χ2n) is 18.8. The molecule has 1 atom stereocenters. The van der Waals surface area contributed by atoms with Crippen LogP contribution < -0.4 is 0 Å². The van der Waals surface area contributed by atoms with Gasteiger partial charge in [0.15, 0.2) is 6.10 Å². The number of ether oxygens (including phenoxy) is 3. The molecule has 0 rings (SSSR count). The second-order valence-corrected chi connectivity index (χ2v) is 18.8. The Labute approximate surface area is 460 Å². The van der Waals surface area contributed by atoms with Crippen LogP contribution in [0.15, 0.2) is 170 Å². The third-order valence-corrected chi connectivity index (χ3v) is 11.7.